The van der Waals surface area contributed by atoms with Gasteiger partial charge in [0.1, 0.15) is 0 Å². The highest BCUT2D eigenvalue weighted by Crippen LogP contribution is 2.30. The molecule has 1 unspecified atom stereocenters. The second kappa shape index (κ2) is 7.72. The fraction of sp³-hybridized carbons (Fsp3) is 0.130. The molecular formula is C23H20N2OS. The number of hydrogen-bond donors (Lipinski definition) is 1. The number of aromatic nitrogens is 1. The molecule has 0 radical (unpaired) electrons. The van der Waals surface area contributed by atoms with Crippen LogP contribution < -0.4 is 5.32 Å². The van der Waals surface area contributed by atoms with Crippen molar-refractivity contribution in [3.05, 3.63) is 84.0 Å². The average molecular weight is 372 g/mol. The Hall–Kier alpha value is -2.98. The lowest BCUT2D eigenvalue weighted by Crippen LogP contribution is -2.13. The van der Waals surface area contributed by atoms with Crippen molar-refractivity contribution in [2.75, 3.05) is 5.32 Å². The number of carbonyl (C=O) groups excluding carboxylic acids is 1. The summed E-state index contributed by atoms with van der Waals surface area (Å²) in [7, 11) is 0. The summed E-state index contributed by atoms with van der Waals surface area (Å²) < 4.78 is 0. The minimum Gasteiger partial charge on any atom is -0.318 e. The molecule has 2 aromatic carbocycles. The Morgan fingerprint density at radius 3 is 2.67 bits per heavy atom. The Bertz CT molecular complexity index is 1070. The predicted molar refractivity (Wildman–Crippen MR) is 113 cm³/mol. The Labute approximate surface area is 162 Å². The van der Waals surface area contributed by atoms with E-state index in [0.29, 0.717) is 6.42 Å². The van der Waals surface area contributed by atoms with Gasteiger partial charge in [-0.15, -0.1) is 11.3 Å². The molecule has 0 fully saturated rings. The zero-order valence-corrected chi connectivity index (χ0v) is 15.9. The second-order valence-electron chi connectivity index (χ2n) is 6.66. The van der Waals surface area contributed by atoms with Crippen LogP contribution in [0.25, 0.3) is 21.9 Å². The molecule has 3 nitrogen and oxygen atoms in total. The summed E-state index contributed by atoms with van der Waals surface area (Å²) in [6.07, 6.45) is 4.00. The number of nitrogens with zero attached hydrogens (tertiary/aromatic N) is 1. The van der Waals surface area contributed by atoms with E-state index < -0.39 is 0 Å². The number of benzene rings is 2. The van der Waals surface area contributed by atoms with Crippen molar-refractivity contribution in [1.82, 2.24) is 4.98 Å². The zero-order valence-electron chi connectivity index (χ0n) is 15.1. The normalized spacial score (nSPS) is 12.0. The highest BCUT2D eigenvalue weighted by Gasteiger charge is 2.14. The van der Waals surface area contributed by atoms with Crippen LogP contribution in [0, 0.1) is 0 Å². The molecule has 134 valence electrons. The van der Waals surface area contributed by atoms with Crippen molar-refractivity contribution >= 4 is 33.0 Å². The molecule has 0 aliphatic heterocycles. The van der Waals surface area contributed by atoms with Gasteiger partial charge in [-0.25, -0.2) is 0 Å². The molecule has 2 aromatic heterocycles. The molecule has 0 spiro atoms. The van der Waals surface area contributed by atoms with Gasteiger partial charge >= 0.3 is 0 Å². The summed E-state index contributed by atoms with van der Waals surface area (Å²) in [6, 6.07) is 20.6. The number of pyridine rings is 1. The zero-order chi connectivity index (χ0) is 18.6. The van der Waals surface area contributed by atoms with Gasteiger partial charge in [-0.1, -0.05) is 49.4 Å². The van der Waals surface area contributed by atoms with Gasteiger partial charge in [0.15, 0.2) is 0 Å². The number of amides is 1. The van der Waals surface area contributed by atoms with Crippen LogP contribution in [-0.4, -0.2) is 10.9 Å². The highest BCUT2D eigenvalue weighted by molar-refractivity contribution is 7.14. The summed E-state index contributed by atoms with van der Waals surface area (Å²) in [5.41, 5.74) is 3.41. The van der Waals surface area contributed by atoms with Gasteiger partial charge in [0, 0.05) is 24.2 Å². The minimum absolute atomic E-state index is 0.0403. The Balaban J connectivity index is 1.46. The van der Waals surface area contributed by atoms with Crippen molar-refractivity contribution < 1.29 is 4.79 Å². The van der Waals surface area contributed by atoms with E-state index in [2.05, 4.69) is 52.9 Å². The Kier molecular flexibility index (Phi) is 4.99. The number of nitrogens with one attached hydrogen (secondary N) is 1. The number of thiophene rings is 1. The van der Waals surface area contributed by atoms with Gasteiger partial charge in [-0.3, -0.25) is 9.78 Å². The molecule has 2 heterocycles. The number of rotatable bonds is 5. The molecule has 27 heavy (non-hydrogen) atoms. The van der Waals surface area contributed by atoms with E-state index in [0.717, 1.165) is 16.1 Å². The number of anilines is 1. The fourth-order valence-corrected chi connectivity index (χ4v) is 4.18. The lowest BCUT2D eigenvalue weighted by molar-refractivity contribution is -0.116. The molecule has 0 bridgehead atoms. The van der Waals surface area contributed by atoms with E-state index in [9.17, 15) is 4.79 Å². The molecule has 0 aliphatic rings. The summed E-state index contributed by atoms with van der Waals surface area (Å²) in [5, 5.41) is 8.40. The van der Waals surface area contributed by atoms with E-state index >= 15 is 0 Å². The van der Waals surface area contributed by atoms with E-state index in [1.165, 1.54) is 16.3 Å². The maximum Gasteiger partial charge on any atom is 0.225 e. The van der Waals surface area contributed by atoms with Gasteiger partial charge in [-0.05, 0) is 51.6 Å². The van der Waals surface area contributed by atoms with Gasteiger partial charge in [-0.2, -0.15) is 0 Å². The molecule has 0 saturated heterocycles. The van der Waals surface area contributed by atoms with Crippen molar-refractivity contribution in [3.63, 3.8) is 0 Å². The summed E-state index contributed by atoms with van der Waals surface area (Å²) in [4.78, 5) is 16.6. The first-order valence-electron chi connectivity index (χ1n) is 8.97. The van der Waals surface area contributed by atoms with Crippen LogP contribution in [0.5, 0.6) is 0 Å². The summed E-state index contributed by atoms with van der Waals surface area (Å²) in [6.45, 7) is 2.11. The lowest BCUT2D eigenvalue weighted by atomic mass is 9.92. The molecule has 4 rings (SSSR count). The third-order valence-electron chi connectivity index (χ3n) is 4.72. The standard InChI is InChI=1S/C23H20N2OS/c1-16(20-8-4-6-18-5-2-3-7-21(18)20)13-22(26)25-23-14-19(15-27-23)17-9-11-24-12-10-17/h2-12,14-16H,13H2,1H3,(H,25,26). The SMILES string of the molecule is CC(CC(=O)Nc1cc(-c2ccncc2)cs1)c1cccc2ccccc12. The second-order valence-corrected chi connectivity index (χ2v) is 7.57. The van der Waals surface area contributed by atoms with Crippen molar-refractivity contribution in [1.29, 1.82) is 0 Å². The van der Waals surface area contributed by atoms with E-state index in [4.69, 9.17) is 0 Å². The number of hydrogen-bond acceptors (Lipinski definition) is 3. The summed E-state index contributed by atoms with van der Waals surface area (Å²) in [5.74, 6) is 0.189. The number of carbonyl (C=O) groups is 1. The van der Waals surface area contributed by atoms with Crippen LogP contribution in [0.15, 0.2) is 78.4 Å². The van der Waals surface area contributed by atoms with Crippen LogP contribution in [0.3, 0.4) is 0 Å². The van der Waals surface area contributed by atoms with Gasteiger partial charge in [0.05, 0.1) is 5.00 Å². The van der Waals surface area contributed by atoms with Crippen molar-refractivity contribution in [2.24, 2.45) is 0 Å². The van der Waals surface area contributed by atoms with E-state index in [1.807, 2.05) is 30.3 Å². The Morgan fingerprint density at radius 1 is 1.04 bits per heavy atom. The molecule has 1 amide bonds. The number of fused-ring (bicyclic) bond motifs is 1. The molecule has 0 saturated carbocycles. The monoisotopic (exact) mass is 372 g/mol. The third-order valence-corrected chi connectivity index (χ3v) is 5.57. The average Bonchev–Trinajstić information content (AvgIpc) is 3.16. The Morgan fingerprint density at radius 2 is 1.81 bits per heavy atom. The van der Waals surface area contributed by atoms with Crippen LogP contribution in [0.4, 0.5) is 5.00 Å². The lowest BCUT2D eigenvalue weighted by Gasteiger charge is -2.14. The van der Waals surface area contributed by atoms with E-state index in [-0.39, 0.29) is 11.8 Å². The maximum absolute atomic E-state index is 12.6. The maximum atomic E-state index is 12.6. The van der Waals surface area contributed by atoms with E-state index in [1.54, 1.807) is 23.7 Å². The van der Waals surface area contributed by atoms with Gasteiger partial charge < -0.3 is 5.32 Å². The molecule has 4 aromatic rings. The molecule has 1 N–H and O–H groups in total. The van der Waals surface area contributed by atoms with Gasteiger partial charge in [0.2, 0.25) is 5.91 Å². The predicted octanol–water partition coefficient (Wildman–Crippen LogP) is 6.10. The highest BCUT2D eigenvalue weighted by atomic mass is 32.1. The largest absolute Gasteiger partial charge is 0.318 e. The quantitative estimate of drug-likeness (QED) is 0.460. The fourth-order valence-electron chi connectivity index (χ4n) is 3.35. The molecular weight excluding hydrogens is 352 g/mol. The first-order chi connectivity index (χ1) is 13.2. The van der Waals surface area contributed by atoms with Crippen molar-refractivity contribution in [3.8, 4) is 11.1 Å². The summed E-state index contributed by atoms with van der Waals surface area (Å²) >= 11 is 1.55. The van der Waals surface area contributed by atoms with Crippen molar-refractivity contribution in [2.45, 2.75) is 19.3 Å². The van der Waals surface area contributed by atoms with Gasteiger partial charge in [0.25, 0.3) is 0 Å². The van der Waals surface area contributed by atoms with Crippen LogP contribution in [0.1, 0.15) is 24.8 Å². The minimum atomic E-state index is 0.0403. The smallest absolute Gasteiger partial charge is 0.225 e. The topological polar surface area (TPSA) is 42.0 Å². The molecule has 0 aliphatic carbocycles. The van der Waals surface area contributed by atoms with Crippen LogP contribution >= 0.6 is 11.3 Å². The first-order valence-corrected chi connectivity index (χ1v) is 9.85. The first kappa shape index (κ1) is 17.4. The van der Waals surface area contributed by atoms with Crippen LogP contribution in [0.2, 0.25) is 0 Å². The molecule has 4 heteroatoms. The van der Waals surface area contributed by atoms with Crippen LogP contribution in [-0.2, 0) is 4.79 Å². The molecule has 1 atom stereocenters. The third kappa shape index (κ3) is 3.91.